The molecule has 0 unspecified atom stereocenters. The molecule has 1 fully saturated rings. The maximum Gasteiger partial charge on any atom is 0.189 e. The van der Waals surface area contributed by atoms with Crippen molar-refractivity contribution in [1.82, 2.24) is 9.97 Å². The molecule has 3 rings (SSSR count). The van der Waals surface area contributed by atoms with E-state index in [1.54, 1.807) is 0 Å². The third kappa shape index (κ3) is 4.60. The molecule has 1 aliphatic heterocycles. The van der Waals surface area contributed by atoms with Crippen molar-refractivity contribution in [2.75, 3.05) is 24.7 Å². The smallest absolute Gasteiger partial charge is 0.189 e. The third-order valence-corrected chi connectivity index (χ3v) is 5.28. The Hall–Kier alpha value is -2.10. The summed E-state index contributed by atoms with van der Waals surface area (Å²) in [6, 6.07) is 10.6. The highest BCUT2D eigenvalue weighted by molar-refractivity contribution is 7.98. The average molecular weight is 383 g/mol. The van der Waals surface area contributed by atoms with Gasteiger partial charge in [0.05, 0.1) is 11.8 Å². The molecule has 2 aromatic rings. The van der Waals surface area contributed by atoms with Gasteiger partial charge in [-0.1, -0.05) is 56.8 Å². The van der Waals surface area contributed by atoms with Gasteiger partial charge in [0, 0.05) is 18.7 Å². The van der Waals surface area contributed by atoms with Gasteiger partial charge in [0.2, 0.25) is 0 Å². The fourth-order valence-electron chi connectivity index (χ4n) is 3.12. The first kappa shape index (κ1) is 19.7. The van der Waals surface area contributed by atoms with Crippen LogP contribution in [0.5, 0.6) is 0 Å². The lowest BCUT2D eigenvalue weighted by atomic mass is 9.86. The van der Waals surface area contributed by atoms with Crippen LogP contribution in [-0.4, -0.2) is 35.5 Å². The van der Waals surface area contributed by atoms with E-state index in [0.29, 0.717) is 28.8 Å². The summed E-state index contributed by atoms with van der Waals surface area (Å²) in [5.74, 6) is 0.585. The Morgan fingerprint density at radius 3 is 2.56 bits per heavy atom. The summed E-state index contributed by atoms with van der Waals surface area (Å²) in [5.41, 5.74) is 3.42. The van der Waals surface area contributed by atoms with Crippen molar-refractivity contribution in [2.45, 2.75) is 50.3 Å². The van der Waals surface area contributed by atoms with Gasteiger partial charge in [0.1, 0.15) is 17.5 Å². The number of nitrogens with zero attached hydrogens (tertiary/aromatic N) is 3. The van der Waals surface area contributed by atoms with Gasteiger partial charge in [0.25, 0.3) is 0 Å². The summed E-state index contributed by atoms with van der Waals surface area (Å²) in [7, 11) is 0. The predicted octanol–water partition coefficient (Wildman–Crippen LogP) is 4.63. The van der Waals surface area contributed by atoms with Crippen molar-refractivity contribution in [3.63, 3.8) is 0 Å². The average Bonchev–Trinajstić information content (AvgIpc) is 3.18. The lowest BCUT2D eigenvalue weighted by Crippen LogP contribution is -2.20. The van der Waals surface area contributed by atoms with Crippen LogP contribution < -0.4 is 5.32 Å². The summed E-state index contributed by atoms with van der Waals surface area (Å²) in [5, 5.41) is 13.8. The third-order valence-electron chi connectivity index (χ3n) is 4.73. The van der Waals surface area contributed by atoms with Crippen molar-refractivity contribution < 1.29 is 4.74 Å². The highest BCUT2D eigenvalue weighted by Crippen LogP contribution is 2.30. The summed E-state index contributed by atoms with van der Waals surface area (Å²) >= 11 is 1.47. The first-order valence-electron chi connectivity index (χ1n) is 9.25. The maximum absolute atomic E-state index is 9.79. The van der Waals surface area contributed by atoms with Gasteiger partial charge in [-0.2, -0.15) is 5.26 Å². The number of anilines is 1. The quantitative estimate of drug-likeness (QED) is 0.601. The van der Waals surface area contributed by atoms with Crippen molar-refractivity contribution in [1.29, 1.82) is 5.26 Å². The molecule has 6 heteroatoms. The number of nitriles is 1. The minimum absolute atomic E-state index is 0.0840. The number of thioether (sulfide) groups is 1. The largest absolute Gasteiger partial charge is 0.376 e. The van der Waals surface area contributed by atoms with Gasteiger partial charge in [0.15, 0.2) is 5.16 Å². The minimum atomic E-state index is 0.0840. The van der Waals surface area contributed by atoms with E-state index in [1.165, 1.54) is 17.3 Å². The summed E-state index contributed by atoms with van der Waals surface area (Å²) < 4.78 is 5.67. The van der Waals surface area contributed by atoms with Gasteiger partial charge in [-0.3, -0.25) is 0 Å². The Morgan fingerprint density at radius 1 is 1.26 bits per heavy atom. The molecule has 5 nitrogen and oxygen atoms in total. The number of hydrogen-bond acceptors (Lipinski definition) is 6. The number of aromatic nitrogens is 2. The lowest BCUT2D eigenvalue weighted by molar-refractivity contribution is 0.120. The lowest BCUT2D eigenvalue weighted by Gasteiger charge is -2.19. The van der Waals surface area contributed by atoms with Gasteiger partial charge < -0.3 is 10.1 Å². The van der Waals surface area contributed by atoms with Crippen LogP contribution in [0.15, 0.2) is 29.4 Å². The van der Waals surface area contributed by atoms with Crippen LogP contribution in [0.1, 0.15) is 44.7 Å². The molecule has 0 amide bonds. The summed E-state index contributed by atoms with van der Waals surface area (Å²) in [6.45, 7) is 8.02. The van der Waals surface area contributed by atoms with Crippen LogP contribution in [-0.2, 0) is 10.2 Å². The van der Waals surface area contributed by atoms with Gasteiger partial charge in [-0.25, -0.2) is 9.97 Å². The number of benzene rings is 1. The van der Waals surface area contributed by atoms with E-state index in [1.807, 2.05) is 18.4 Å². The van der Waals surface area contributed by atoms with Crippen LogP contribution >= 0.6 is 11.8 Å². The maximum atomic E-state index is 9.79. The monoisotopic (exact) mass is 382 g/mol. The standard InChI is InChI=1S/C21H26N4OS/c1-21(2,3)15-9-7-14(8-10-15)18-17(12-22)19(25-20(24-18)27-4)23-13-16-6-5-11-26-16/h7-10,16H,5-6,11,13H2,1-4H3,(H,23,24,25)/t16-/m0/s1. The molecular formula is C21H26N4OS. The molecular weight excluding hydrogens is 356 g/mol. The topological polar surface area (TPSA) is 70.8 Å². The van der Waals surface area contributed by atoms with Crippen molar-refractivity contribution in [3.05, 3.63) is 35.4 Å². The van der Waals surface area contributed by atoms with Crippen LogP contribution in [0.3, 0.4) is 0 Å². The van der Waals surface area contributed by atoms with Crippen LogP contribution in [0, 0.1) is 11.3 Å². The van der Waals surface area contributed by atoms with Crippen molar-refractivity contribution in [2.24, 2.45) is 0 Å². The Labute approximate surface area is 165 Å². The van der Waals surface area contributed by atoms with E-state index in [2.05, 4.69) is 54.3 Å². The highest BCUT2D eigenvalue weighted by Gasteiger charge is 2.20. The van der Waals surface area contributed by atoms with Crippen LogP contribution in [0.4, 0.5) is 5.82 Å². The van der Waals surface area contributed by atoms with E-state index >= 15 is 0 Å². The number of nitrogens with one attached hydrogen (secondary N) is 1. The van der Waals surface area contributed by atoms with Gasteiger partial charge in [-0.15, -0.1) is 0 Å². The first-order valence-corrected chi connectivity index (χ1v) is 10.5. The molecule has 1 aromatic carbocycles. The Balaban J connectivity index is 1.96. The second-order valence-corrected chi connectivity index (χ2v) is 8.51. The molecule has 27 heavy (non-hydrogen) atoms. The Kier molecular flexibility index (Phi) is 6.03. The second-order valence-electron chi connectivity index (χ2n) is 7.74. The van der Waals surface area contributed by atoms with E-state index < -0.39 is 0 Å². The molecule has 0 spiro atoms. The zero-order chi connectivity index (χ0) is 19.4. The molecule has 1 N–H and O–H groups in total. The molecule has 2 heterocycles. The number of rotatable bonds is 5. The van der Waals surface area contributed by atoms with Gasteiger partial charge >= 0.3 is 0 Å². The normalized spacial score (nSPS) is 16.9. The predicted molar refractivity (Wildman–Crippen MR) is 110 cm³/mol. The van der Waals surface area contributed by atoms with E-state index in [4.69, 9.17) is 4.74 Å². The highest BCUT2D eigenvalue weighted by atomic mass is 32.2. The summed E-state index contributed by atoms with van der Waals surface area (Å²) in [6.07, 6.45) is 4.25. The number of hydrogen-bond donors (Lipinski definition) is 1. The molecule has 1 saturated heterocycles. The zero-order valence-electron chi connectivity index (χ0n) is 16.4. The fourth-order valence-corrected chi connectivity index (χ4v) is 3.48. The minimum Gasteiger partial charge on any atom is -0.376 e. The van der Waals surface area contributed by atoms with Crippen LogP contribution in [0.2, 0.25) is 0 Å². The molecule has 1 aliphatic rings. The van der Waals surface area contributed by atoms with Crippen molar-refractivity contribution >= 4 is 17.6 Å². The molecule has 0 bridgehead atoms. The molecule has 0 aliphatic carbocycles. The fraction of sp³-hybridized carbons (Fsp3) is 0.476. The SMILES string of the molecule is CSc1nc(NC[C@@H]2CCCO2)c(C#N)c(-c2ccc(C(C)(C)C)cc2)n1. The number of ether oxygens (including phenoxy) is 1. The molecule has 1 atom stereocenters. The molecule has 1 aromatic heterocycles. The molecule has 142 valence electrons. The van der Waals surface area contributed by atoms with E-state index in [-0.39, 0.29) is 11.5 Å². The van der Waals surface area contributed by atoms with Crippen LogP contribution in [0.25, 0.3) is 11.3 Å². The van der Waals surface area contributed by atoms with E-state index in [0.717, 1.165) is 25.0 Å². The molecule has 0 radical (unpaired) electrons. The Bertz CT molecular complexity index is 831. The summed E-state index contributed by atoms with van der Waals surface area (Å²) in [4.78, 5) is 9.15. The second kappa shape index (κ2) is 8.28. The Morgan fingerprint density at radius 2 is 2.00 bits per heavy atom. The molecule has 0 saturated carbocycles. The zero-order valence-corrected chi connectivity index (χ0v) is 17.2. The van der Waals surface area contributed by atoms with Gasteiger partial charge in [-0.05, 0) is 30.1 Å². The first-order chi connectivity index (χ1) is 12.9. The van der Waals surface area contributed by atoms with E-state index in [9.17, 15) is 5.26 Å². The van der Waals surface area contributed by atoms with Crippen molar-refractivity contribution in [3.8, 4) is 17.3 Å².